The first-order valence-electron chi connectivity index (χ1n) is 14.4. The number of ether oxygens (including phenoxy) is 1. The SMILES string of the molecule is C[C@H]1CN([C@@H](C)CO)C(=O)Cc2cc(NC(=O)Cc3cn(C)c4ccccc34)ccc2O[C@H]1CN(C)CC1CC1. The van der Waals surface area contributed by atoms with Crippen molar-refractivity contribution in [1.29, 1.82) is 0 Å². The van der Waals surface area contributed by atoms with E-state index in [1.54, 1.807) is 4.90 Å². The Hall–Kier alpha value is -3.36. The van der Waals surface area contributed by atoms with Crippen LogP contribution in [0, 0.1) is 11.8 Å². The van der Waals surface area contributed by atoms with Crippen LogP contribution in [0.4, 0.5) is 5.69 Å². The number of carbonyl (C=O) groups is 2. The van der Waals surface area contributed by atoms with Crippen LogP contribution in [0.3, 0.4) is 0 Å². The molecule has 8 nitrogen and oxygen atoms in total. The Kier molecular flexibility index (Phi) is 8.47. The molecule has 1 saturated carbocycles. The van der Waals surface area contributed by atoms with Crippen LogP contribution in [0.25, 0.3) is 10.9 Å². The fourth-order valence-corrected chi connectivity index (χ4v) is 5.79. The van der Waals surface area contributed by atoms with E-state index in [0.29, 0.717) is 18.0 Å². The Labute approximate surface area is 236 Å². The lowest BCUT2D eigenvalue weighted by atomic mass is 10.0. The summed E-state index contributed by atoms with van der Waals surface area (Å²) in [6.07, 6.45) is 4.86. The number of anilines is 1. The highest BCUT2D eigenvalue weighted by Crippen LogP contribution is 2.32. The molecule has 0 bridgehead atoms. The van der Waals surface area contributed by atoms with Crippen molar-refractivity contribution in [3.05, 3.63) is 59.8 Å². The van der Waals surface area contributed by atoms with E-state index in [2.05, 4.69) is 24.2 Å². The van der Waals surface area contributed by atoms with E-state index in [4.69, 9.17) is 4.74 Å². The zero-order valence-corrected chi connectivity index (χ0v) is 24.1. The van der Waals surface area contributed by atoms with Crippen LogP contribution < -0.4 is 10.1 Å². The van der Waals surface area contributed by atoms with Gasteiger partial charge >= 0.3 is 0 Å². The highest BCUT2D eigenvalue weighted by molar-refractivity contribution is 5.96. The lowest BCUT2D eigenvalue weighted by Crippen LogP contribution is -2.47. The molecule has 214 valence electrons. The first-order valence-corrected chi connectivity index (χ1v) is 14.4. The quantitative estimate of drug-likeness (QED) is 0.426. The summed E-state index contributed by atoms with van der Waals surface area (Å²) in [5.41, 5.74) is 3.44. The third-order valence-corrected chi connectivity index (χ3v) is 8.29. The fourth-order valence-electron chi connectivity index (χ4n) is 5.79. The van der Waals surface area contributed by atoms with Gasteiger partial charge in [0.15, 0.2) is 0 Å². The standard InChI is InChI=1S/C32H42N4O4/c1-21-16-36(22(2)20-37)32(39)15-24-13-26(11-12-29(24)40-30(21)19-34(3)17-23-9-10-23)33-31(38)14-25-18-35(4)28-8-6-5-7-27(25)28/h5-8,11-13,18,21-23,30,37H,9-10,14-17,19-20H2,1-4H3,(H,33,38)/t21-,22-,30-/m0/s1. The van der Waals surface area contributed by atoms with E-state index < -0.39 is 0 Å². The highest BCUT2D eigenvalue weighted by atomic mass is 16.5. The molecular formula is C32H42N4O4. The van der Waals surface area contributed by atoms with Crippen LogP contribution >= 0.6 is 0 Å². The van der Waals surface area contributed by atoms with Gasteiger partial charge in [-0.3, -0.25) is 9.59 Å². The minimum atomic E-state index is -0.287. The van der Waals surface area contributed by atoms with Crippen molar-refractivity contribution in [1.82, 2.24) is 14.4 Å². The second-order valence-electron chi connectivity index (χ2n) is 11.9. The zero-order valence-electron chi connectivity index (χ0n) is 24.1. The van der Waals surface area contributed by atoms with Crippen LogP contribution in [0.15, 0.2) is 48.7 Å². The van der Waals surface area contributed by atoms with Gasteiger partial charge < -0.3 is 29.5 Å². The van der Waals surface area contributed by atoms with Gasteiger partial charge in [-0.25, -0.2) is 0 Å². The number of hydrogen-bond donors (Lipinski definition) is 2. The van der Waals surface area contributed by atoms with Gasteiger partial charge in [-0.05, 0) is 62.6 Å². The van der Waals surface area contributed by atoms with Crippen molar-refractivity contribution in [2.75, 3.05) is 38.6 Å². The maximum atomic E-state index is 13.5. The minimum Gasteiger partial charge on any atom is -0.488 e. The molecule has 0 unspecified atom stereocenters. The minimum absolute atomic E-state index is 0.0514. The number of aromatic nitrogens is 1. The van der Waals surface area contributed by atoms with Gasteiger partial charge in [0.1, 0.15) is 11.9 Å². The molecule has 0 saturated heterocycles. The molecule has 2 aromatic carbocycles. The summed E-state index contributed by atoms with van der Waals surface area (Å²) >= 11 is 0. The van der Waals surface area contributed by atoms with Crippen molar-refractivity contribution in [2.45, 2.75) is 51.7 Å². The maximum Gasteiger partial charge on any atom is 0.228 e. The Balaban J connectivity index is 1.37. The van der Waals surface area contributed by atoms with Gasteiger partial charge in [-0.2, -0.15) is 0 Å². The van der Waals surface area contributed by atoms with E-state index in [1.165, 1.54) is 12.8 Å². The predicted octanol–water partition coefficient (Wildman–Crippen LogP) is 3.85. The van der Waals surface area contributed by atoms with E-state index in [1.807, 2.05) is 67.2 Å². The average molecular weight is 547 g/mol. The molecule has 1 aromatic heterocycles. The molecule has 1 aliphatic carbocycles. The summed E-state index contributed by atoms with van der Waals surface area (Å²) in [4.78, 5) is 30.7. The van der Waals surface area contributed by atoms with Gasteiger partial charge in [0.2, 0.25) is 11.8 Å². The number of hydrogen-bond acceptors (Lipinski definition) is 5. The number of carbonyl (C=O) groups excluding carboxylic acids is 2. The number of rotatable bonds is 9. The van der Waals surface area contributed by atoms with E-state index in [9.17, 15) is 14.7 Å². The smallest absolute Gasteiger partial charge is 0.228 e. The number of likely N-dealkylation sites (N-methyl/N-ethyl adjacent to an activating group) is 1. The van der Waals surface area contributed by atoms with Crippen molar-refractivity contribution >= 4 is 28.4 Å². The molecule has 3 aromatic rings. The molecule has 2 N–H and O–H groups in total. The molecular weight excluding hydrogens is 504 g/mol. The van der Waals surface area contributed by atoms with Gasteiger partial charge in [-0.1, -0.05) is 25.1 Å². The molecule has 1 fully saturated rings. The normalized spacial score (nSPS) is 20.4. The molecule has 2 heterocycles. The number of aliphatic hydroxyl groups excluding tert-OH is 1. The van der Waals surface area contributed by atoms with Gasteiger partial charge in [0, 0.05) is 61.0 Å². The summed E-state index contributed by atoms with van der Waals surface area (Å²) in [5.74, 6) is 1.36. The van der Waals surface area contributed by atoms with E-state index in [-0.39, 0.29) is 49.3 Å². The molecule has 0 radical (unpaired) electrons. The number of nitrogens with one attached hydrogen (secondary N) is 1. The monoisotopic (exact) mass is 546 g/mol. The summed E-state index contributed by atoms with van der Waals surface area (Å²) in [6, 6.07) is 13.4. The zero-order chi connectivity index (χ0) is 28.4. The molecule has 8 heteroatoms. The summed E-state index contributed by atoms with van der Waals surface area (Å²) in [6.45, 7) is 6.23. The molecule has 2 amide bonds. The topological polar surface area (TPSA) is 87.0 Å². The Morgan fingerprint density at radius 2 is 1.98 bits per heavy atom. The highest BCUT2D eigenvalue weighted by Gasteiger charge is 2.32. The molecule has 2 aliphatic rings. The first-order chi connectivity index (χ1) is 19.2. The Morgan fingerprint density at radius 1 is 1.20 bits per heavy atom. The van der Waals surface area contributed by atoms with Crippen molar-refractivity contribution in [3.8, 4) is 5.75 Å². The summed E-state index contributed by atoms with van der Waals surface area (Å²) < 4.78 is 8.66. The van der Waals surface area contributed by atoms with Crippen LogP contribution in [-0.4, -0.2) is 76.7 Å². The number of amides is 2. The van der Waals surface area contributed by atoms with Crippen molar-refractivity contribution < 1.29 is 19.4 Å². The van der Waals surface area contributed by atoms with E-state index >= 15 is 0 Å². The Bertz CT molecular complexity index is 1360. The van der Waals surface area contributed by atoms with Crippen LogP contribution in [0.2, 0.25) is 0 Å². The number of nitrogens with zero attached hydrogens (tertiary/aromatic N) is 3. The number of fused-ring (bicyclic) bond motifs is 2. The average Bonchev–Trinajstić information content (AvgIpc) is 3.68. The van der Waals surface area contributed by atoms with E-state index in [0.717, 1.165) is 41.0 Å². The summed E-state index contributed by atoms with van der Waals surface area (Å²) in [7, 11) is 4.12. The van der Waals surface area contributed by atoms with Gasteiger partial charge in [0.05, 0.1) is 25.5 Å². The molecule has 5 rings (SSSR count). The Morgan fingerprint density at radius 3 is 2.73 bits per heavy atom. The number of para-hydroxylation sites is 1. The maximum absolute atomic E-state index is 13.5. The second-order valence-corrected chi connectivity index (χ2v) is 11.9. The first kappa shape index (κ1) is 28.2. The number of aliphatic hydroxyl groups is 1. The fraction of sp³-hybridized carbons (Fsp3) is 0.500. The lowest BCUT2D eigenvalue weighted by molar-refractivity contribution is -0.134. The van der Waals surface area contributed by atoms with Crippen LogP contribution in [-0.2, 0) is 29.5 Å². The summed E-state index contributed by atoms with van der Waals surface area (Å²) in [5, 5.41) is 14.0. The van der Waals surface area contributed by atoms with Crippen molar-refractivity contribution in [2.24, 2.45) is 18.9 Å². The number of benzene rings is 2. The van der Waals surface area contributed by atoms with Gasteiger partial charge in [-0.15, -0.1) is 0 Å². The largest absolute Gasteiger partial charge is 0.488 e. The molecule has 0 spiro atoms. The molecule has 3 atom stereocenters. The third-order valence-electron chi connectivity index (χ3n) is 8.29. The van der Waals surface area contributed by atoms with Crippen molar-refractivity contribution in [3.63, 3.8) is 0 Å². The second kappa shape index (κ2) is 12.0. The lowest BCUT2D eigenvalue weighted by Gasteiger charge is -2.34. The van der Waals surface area contributed by atoms with Gasteiger partial charge in [0.25, 0.3) is 0 Å². The van der Waals surface area contributed by atoms with Crippen LogP contribution in [0.1, 0.15) is 37.8 Å². The number of aryl methyl sites for hydroxylation is 1. The molecule has 40 heavy (non-hydrogen) atoms. The predicted molar refractivity (Wildman–Crippen MR) is 157 cm³/mol. The molecule has 1 aliphatic heterocycles. The van der Waals surface area contributed by atoms with Crippen LogP contribution in [0.5, 0.6) is 5.75 Å². The third kappa shape index (κ3) is 6.50.